The molecule has 0 radical (unpaired) electrons. The van der Waals surface area contributed by atoms with E-state index < -0.39 is 27.6 Å². The van der Waals surface area contributed by atoms with Gasteiger partial charge in [0.1, 0.15) is 6.61 Å². The topological polar surface area (TPSA) is 108 Å². The summed E-state index contributed by atoms with van der Waals surface area (Å²) in [7, 11) is -4.34. The number of nitrogens with zero attached hydrogens (tertiary/aromatic N) is 2. The minimum absolute atomic E-state index is 0.0379. The van der Waals surface area contributed by atoms with Crippen LogP contribution in [0.15, 0.2) is 83.1 Å². The molecule has 0 saturated carbocycles. The minimum Gasteiger partial charge on any atom is -0.493 e. The first-order valence-electron chi connectivity index (χ1n) is 8.54. The lowest BCUT2D eigenvalue weighted by molar-refractivity contribution is -0.141. The minimum atomic E-state index is -4.34. The van der Waals surface area contributed by atoms with Crippen LogP contribution >= 0.6 is 0 Å². The molecule has 0 bridgehead atoms. The summed E-state index contributed by atoms with van der Waals surface area (Å²) in [5.41, 5.74) is 0.0253. The first kappa shape index (κ1) is 20.2. The van der Waals surface area contributed by atoms with E-state index in [2.05, 4.69) is 6.58 Å². The molecule has 29 heavy (non-hydrogen) atoms. The fourth-order valence-corrected chi connectivity index (χ4v) is 3.95. The predicted octanol–water partition coefficient (Wildman–Crippen LogP) is 1.85. The number of aromatic nitrogens is 2. The van der Waals surface area contributed by atoms with Crippen LogP contribution in [0.1, 0.15) is 5.56 Å². The van der Waals surface area contributed by atoms with E-state index in [-0.39, 0.29) is 17.9 Å². The molecule has 0 amide bonds. The Balaban J connectivity index is 1.92. The largest absolute Gasteiger partial charge is 0.493 e. The third kappa shape index (κ3) is 4.14. The molecule has 0 aliphatic rings. The Bertz CT molecular complexity index is 1190. The number of aromatic hydroxyl groups is 1. The van der Waals surface area contributed by atoms with E-state index in [4.69, 9.17) is 4.74 Å². The van der Waals surface area contributed by atoms with E-state index in [0.29, 0.717) is 15.2 Å². The standard InChI is InChI=1S/C20H18N2O6S/c1-2-12-28-19(24)13-15-8-10-17(11-9-15)29(26,27)22-18(23)14-21(20(22)25)16-6-4-3-5-7-16/h2-11,14,23H,1,12-13H2. The second-order valence-corrected chi connectivity index (χ2v) is 7.82. The Hall–Kier alpha value is -3.59. The molecule has 0 atom stereocenters. The molecule has 0 aliphatic carbocycles. The number of imidazole rings is 1. The quantitative estimate of drug-likeness (QED) is 0.467. The maximum absolute atomic E-state index is 12.9. The zero-order valence-electron chi connectivity index (χ0n) is 15.3. The van der Waals surface area contributed by atoms with Gasteiger partial charge in [-0.3, -0.25) is 9.36 Å². The van der Waals surface area contributed by atoms with Crippen molar-refractivity contribution in [2.45, 2.75) is 11.3 Å². The molecule has 0 fully saturated rings. The normalized spacial score (nSPS) is 11.2. The number of esters is 1. The Morgan fingerprint density at radius 3 is 2.38 bits per heavy atom. The van der Waals surface area contributed by atoms with Crippen LogP contribution in [0.25, 0.3) is 5.69 Å². The molecule has 1 heterocycles. The summed E-state index contributed by atoms with van der Waals surface area (Å²) >= 11 is 0. The number of carbonyl (C=O) groups is 1. The third-order valence-corrected chi connectivity index (χ3v) is 5.73. The molecule has 0 aliphatic heterocycles. The van der Waals surface area contributed by atoms with Crippen LogP contribution in [0, 0.1) is 0 Å². The highest BCUT2D eigenvalue weighted by molar-refractivity contribution is 7.90. The fraction of sp³-hybridized carbons (Fsp3) is 0.100. The van der Waals surface area contributed by atoms with E-state index in [9.17, 15) is 23.1 Å². The molecule has 3 aromatic rings. The van der Waals surface area contributed by atoms with E-state index in [1.165, 1.54) is 30.3 Å². The Kier molecular flexibility index (Phi) is 5.69. The van der Waals surface area contributed by atoms with Gasteiger partial charge in [0.2, 0.25) is 5.88 Å². The third-order valence-electron chi connectivity index (χ3n) is 4.04. The van der Waals surface area contributed by atoms with Crippen LogP contribution < -0.4 is 5.69 Å². The van der Waals surface area contributed by atoms with Gasteiger partial charge in [-0.15, -0.1) is 3.97 Å². The monoisotopic (exact) mass is 414 g/mol. The lowest BCUT2D eigenvalue weighted by atomic mass is 10.1. The van der Waals surface area contributed by atoms with Gasteiger partial charge in [-0.1, -0.05) is 43.0 Å². The van der Waals surface area contributed by atoms with Crippen molar-refractivity contribution in [3.63, 3.8) is 0 Å². The summed E-state index contributed by atoms with van der Waals surface area (Å²) in [4.78, 5) is 24.1. The maximum atomic E-state index is 12.9. The van der Waals surface area contributed by atoms with Crippen molar-refractivity contribution >= 4 is 16.0 Å². The highest BCUT2D eigenvalue weighted by Crippen LogP contribution is 2.20. The molecular weight excluding hydrogens is 396 g/mol. The number of para-hydroxylation sites is 1. The van der Waals surface area contributed by atoms with Crippen molar-refractivity contribution in [1.29, 1.82) is 0 Å². The van der Waals surface area contributed by atoms with Crippen LogP contribution in [-0.4, -0.2) is 34.6 Å². The van der Waals surface area contributed by atoms with Crippen molar-refractivity contribution in [1.82, 2.24) is 8.54 Å². The van der Waals surface area contributed by atoms with Crippen LogP contribution in [0.3, 0.4) is 0 Å². The highest BCUT2D eigenvalue weighted by atomic mass is 32.2. The zero-order valence-corrected chi connectivity index (χ0v) is 16.1. The van der Waals surface area contributed by atoms with Crippen molar-refractivity contribution in [2.24, 2.45) is 0 Å². The van der Waals surface area contributed by atoms with Crippen LogP contribution in [0.4, 0.5) is 0 Å². The maximum Gasteiger partial charge on any atom is 0.350 e. The zero-order chi connectivity index (χ0) is 21.0. The molecule has 150 valence electrons. The molecule has 1 N–H and O–H groups in total. The molecule has 9 heteroatoms. The van der Waals surface area contributed by atoms with Gasteiger partial charge in [0.05, 0.1) is 23.2 Å². The summed E-state index contributed by atoms with van der Waals surface area (Å²) in [5, 5.41) is 10.1. The van der Waals surface area contributed by atoms with Crippen LogP contribution in [0.5, 0.6) is 5.88 Å². The summed E-state index contributed by atoms with van der Waals surface area (Å²) < 4.78 is 32.0. The smallest absolute Gasteiger partial charge is 0.350 e. The summed E-state index contributed by atoms with van der Waals surface area (Å²) in [6.45, 7) is 3.54. The lowest BCUT2D eigenvalue weighted by Crippen LogP contribution is -2.28. The average Bonchev–Trinajstić information content (AvgIpc) is 3.02. The number of hydrogen-bond acceptors (Lipinski definition) is 6. The van der Waals surface area contributed by atoms with E-state index >= 15 is 0 Å². The summed E-state index contributed by atoms with van der Waals surface area (Å²) in [6.07, 6.45) is 2.45. The highest BCUT2D eigenvalue weighted by Gasteiger charge is 2.25. The molecular formula is C20H18N2O6S. The number of ether oxygens (including phenoxy) is 1. The number of carbonyl (C=O) groups excluding carboxylic acids is 1. The Morgan fingerprint density at radius 2 is 1.76 bits per heavy atom. The number of rotatable bonds is 7. The van der Waals surface area contributed by atoms with Gasteiger partial charge >= 0.3 is 11.7 Å². The Morgan fingerprint density at radius 1 is 1.10 bits per heavy atom. The van der Waals surface area contributed by atoms with E-state index in [0.717, 1.165) is 10.8 Å². The van der Waals surface area contributed by atoms with Gasteiger partial charge < -0.3 is 9.84 Å². The molecule has 2 aromatic carbocycles. The van der Waals surface area contributed by atoms with E-state index in [1.807, 2.05) is 0 Å². The van der Waals surface area contributed by atoms with Crippen molar-refractivity contribution in [2.75, 3.05) is 6.61 Å². The van der Waals surface area contributed by atoms with E-state index in [1.54, 1.807) is 30.3 Å². The van der Waals surface area contributed by atoms with Crippen molar-refractivity contribution < 1.29 is 23.1 Å². The number of hydrogen-bond donors (Lipinski definition) is 1. The first-order chi connectivity index (χ1) is 13.8. The van der Waals surface area contributed by atoms with Crippen molar-refractivity contribution in [3.05, 3.63) is 89.5 Å². The summed E-state index contributed by atoms with van der Waals surface area (Å²) in [6, 6.07) is 13.7. The second-order valence-electron chi connectivity index (χ2n) is 6.04. The molecule has 3 rings (SSSR count). The Labute approximate surface area is 167 Å². The van der Waals surface area contributed by atoms with Gasteiger partial charge in [0, 0.05) is 0 Å². The predicted molar refractivity (Wildman–Crippen MR) is 106 cm³/mol. The van der Waals surface area contributed by atoms with Gasteiger partial charge in [-0.25, -0.2) is 13.2 Å². The molecule has 0 saturated heterocycles. The molecule has 8 nitrogen and oxygen atoms in total. The molecule has 1 aromatic heterocycles. The van der Waals surface area contributed by atoms with Crippen LogP contribution in [0.2, 0.25) is 0 Å². The van der Waals surface area contributed by atoms with Crippen LogP contribution in [-0.2, 0) is 26.0 Å². The molecule has 0 unspecified atom stereocenters. The van der Waals surface area contributed by atoms with Gasteiger partial charge in [-0.05, 0) is 29.8 Å². The van der Waals surface area contributed by atoms with Gasteiger partial charge in [0.25, 0.3) is 10.0 Å². The van der Waals surface area contributed by atoms with Gasteiger partial charge in [0.15, 0.2) is 0 Å². The number of benzene rings is 2. The first-order valence-corrected chi connectivity index (χ1v) is 9.98. The SMILES string of the molecule is C=CCOC(=O)Cc1ccc(S(=O)(=O)n2c(O)cn(-c3ccccc3)c2=O)cc1. The van der Waals surface area contributed by atoms with Crippen molar-refractivity contribution in [3.8, 4) is 11.6 Å². The second kappa shape index (κ2) is 8.19. The average molecular weight is 414 g/mol. The summed E-state index contributed by atoms with van der Waals surface area (Å²) in [5.74, 6) is -1.19. The molecule has 0 spiro atoms. The van der Waals surface area contributed by atoms with Gasteiger partial charge in [-0.2, -0.15) is 0 Å². The fourth-order valence-electron chi connectivity index (χ4n) is 2.67. The lowest BCUT2D eigenvalue weighted by Gasteiger charge is -2.07.